The molecule has 1 unspecified atom stereocenters. The van der Waals surface area contributed by atoms with E-state index in [1.807, 2.05) is 0 Å². The van der Waals surface area contributed by atoms with Crippen molar-refractivity contribution in [3.8, 4) is 0 Å². The fourth-order valence-corrected chi connectivity index (χ4v) is 2.40. The normalized spacial score (nSPS) is 13.2. The summed E-state index contributed by atoms with van der Waals surface area (Å²) < 4.78 is 0. The van der Waals surface area contributed by atoms with Gasteiger partial charge in [0.15, 0.2) is 0 Å². The molecular weight excluding hydrogens is 218 g/mol. The van der Waals surface area contributed by atoms with Gasteiger partial charge in [0, 0.05) is 0 Å². The van der Waals surface area contributed by atoms with Gasteiger partial charge in [0.25, 0.3) is 0 Å². The Morgan fingerprint density at radius 1 is 0.778 bits per heavy atom. The topological polar surface area (TPSA) is 3.24 Å². The summed E-state index contributed by atoms with van der Waals surface area (Å²) in [5.41, 5.74) is 0. The Hall–Kier alpha value is -0.0400. The lowest BCUT2D eigenvalue weighted by molar-refractivity contribution is 0.274. The molecule has 0 spiro atoms. The monoisotopic (exact) mass is 255 g/mol. The first-order valence-electron chi connectivity index (χ1n) is 8.46. The Balaban J connectivity index is 3.33. The van der Waals surface area contributed by atoms with Crippen molar-refractivity contribution in [1.29, 1.82) is 0 Å². The van der Waals surface area contributed by atoms with Crippen molar-refractivity contribution in [3.05, 3.63) is 0 Å². The zero-order valence-electron chi connectivity index (χ0n) is 13.5. The Kier molecular flexibility index (Phi) is 13.4. The van der Waals surface area contributed by atoms with Gasteiger partial charge in [-0.05, 0) is 38.4 Å². The number of nitrogens with zero attached hydrogens (tertiary/aromatic N) is 1. The summed E-state index contributed by atoms with van der Waals surface area (Å²) in [7, 11) is 0. The highest BCUT2D eigenvalue weighted by atomic mass is 15.1. The molecule has 18 heavy (non-hydrogen) atoms. The van der Waals surface area contributed by atoms with Gasteiger partial charge in [-0.3, -0.25) is 0 Å². The third kappa shape index (κ3) is 11.1. The number of hydrogen-bond donors (Lipinski definition) is 0. The lowest BCUT2D eigenvalue weighted by Gasteiger charge is -2.20. The molecule has 0 aliphatic rings. The summed E-state index contributed by atoms with van der Waals surface area (Å²) in [5.74, 6) is 0.936. The maximum Gasteiger partial charge on any atom is -0.00189 e. The van der Waals surface area contributed by atoms with Crippen LogP contribution in [0.1, 0.15) is 85.5 Å². The smallest absolute Gasteiger partial charge is 0.00189 e. The van der Waals surface area contributed by atoms with Crippen LogP contribution < -0.4 is 0 Å². The van der Waals surface area contributed by atoms with Gasteiger partial charge in [-0.1, -0.05) is 72.6 Å². The number of rotatable bonds is 13. The molecule has 0 radical (unpaired) electrons. The summed E-state index contributed by atoms with van der Waals surface area (Å²) >= 11 is 0. The van der Waals surface area contributed by atoms with E-state index in [0.29, 0.717) is 0 Å². The molecule has 0 aliphatic carbocycles. The van der Waals surface area contributed by atoms with Crippen molar-refractivity contribution in [2.75, 3.05) is 19.6 Å². The van der Waals surface area contributed by atoms with Crippen LogP contribution in [0.15, 0.2) is 0 Å². The lowest BCUT2D eigenvalue weighted by Crippen LogP contribution is -2.25. The van der Waals surface area contributed by atoms with Crippen molar-refractivity contribution in [1.82, 2.24) is 4.90 Å². The summed E-state index contributed by atoms with van der Waals surface area (Å²) in [5, 5.41) is 0. The predicted octanol–water partition coefficient (Wildman–Crippen LogP) is 5.50. The fourth-order valence-electron chi connectivity index (χ4n) is 2.40. The van der Waals surface area contributed by atoms with Crippen LogP contribution in [-0.4, -0.2) is 24.5 Å². The highest BCUT2D eigenvalue weighted by Gasteiger charge is 2.02. The van der Waals surface area contributed by atoms with E-state index in [1.54, 1.807) is 0 Å². The molecule has 0 aromatic heterocycles. The van der Waals surface area contributed by atoms with Crippen LogP contribution in [-0.2, 0) is 0 Å². The molecule has 0 bridgehead atoms. The van der Waals surface area contributed by atoms with E-state index in [2.05, 4.69) is 32.6 Å². The molecule has 0 rings (SSSR count). The average molecular weight is 255 g/mol. The van der Waals surface area contributed by atoms with Crippen LogP contribution in [0.3, 0.4) is 0 Å². The third-order valence-corrected chi connectivity index (χ3v) is 4.14. The van der Waals surface area contributed by atoms with E-state index >= 15 is 0 Å². The Bertz CT molecular complexity index is 156. The van der Waals surface area contributed by atoms with Crippen molar-refractivity contribution < 1.29 is 0 Å². The van der Waals surface area contributed by atoms with Crippen LogP contribution in [0.25, 0.3) is 0 Å². The standard InChI is InChI=1S/C17H37N/c1-5-8-12-15-18(7-3)16-13-10-9-11-14-17(4)6-2/h17H,5-16H2,1-4H3. The maximum atomic E-state index is 2.63. The SMILES string of the molecule is CCCCCN(CC)CCCCCCC(C)CC. The van der Waals surface area contributed by atoms with Gasteiger partial charge in [-0.2, -0.15) is 0 Å². The van der Waals surface area contributed by atoms with Gasteiger partial charge in [0.2, 0.25) is 0 Å². The van der Waals surface area contributed by atoms with Gasteiger partial charge < -0.3 is 4.90 Å². The zero-order valence-corrected chi connectivity index (χ0v) is 13.5. The second kappa shape index (κ2) is 13.4. The van der Waals surface area contributed by atoms with Crippen molar-refractivity contribution >= 4 is 0 Å². The molecule has 1 atom stereocenters. The van der Waals surface area contributed by atoms with E-state index in [-0.39, 0.29) is 0 Å². The first-order chi connectivity index (χ1) is 8.74. The van der Waals surface area contributed by atoms with Gasteiger partial charge in [0.1, 0.15) is 0 Å². The molecule has 0 N–H and O–H groups in total. The highest BCUT2D eigenvalue weighted by molar-refractivity contribution is 4.57. The Labute approximate surface area is 116 Å². The van der Waals surface area contributed by atoms with Crippen LogP contribution in [0, 0.1) is 5.92 Å². The minimum Gasteiger partial charge on any atom is -0.304 e. The highest BCUT2D eigenvalue weighted by Crippen LogP contribution is 2.13. The van der Waals surface area contributed by atoms with E-state index < -0.39 is 0 Å². The molecule has 0 saturated heterocycles. The van der Waals surface area contributed by atoms with Crippen LogP contribution in [0.4, 0.5) is 0 Å². The minimum absolute atomic E-state index is 0.936. The van der Waals surface area contributed by atoms with E-state index in [1.165, 1.54) is 77.4 Å². The van der Waals surface area contributed by atoms with Crippen molar-refractivity contribution in [3.63, 3.8) is 0 Å². The van der Waals surface area contributed by atoms with Crippen molar-refractivity contribution in [2.45, 2.75) is 85.5 Å². The van der Waals surface area contributed by atoms with Crippen LogP contribution in [0.2, 0.25) is 0 Å². The van der Waals surface area contributed by atoms with Gasteiger partial charge >= 0.3 is 0 Å². The average Bonchev–Trinajstić information content (AvgIpc) is 2.40. The summed E-state index contributed by atoms with van der Waals surface area (Å²) in [6.07, 6.45) is 12.6. The van der Waals surface area contributed by atoms with E-state index in [0.717, 1.165) is 5.92 Å². The van der Waals surface area contributed by atoms with Gasteiger partial charge in [-0.15, -0.1) is 0 Å². The fraction of sp³-hybridized carbons (Fsp3) is 1.00. The molecule has 0 fully saturated rings. The Morgan fingerprint density at radius 3 is 1.94 bits per heavy atom. The number of unbranched alkanes of at least 4 members (excludes halogenated alkanes) is 5. The molecule has 1 nitrogen and oxygen atoms in total. The summed E-state index contributed by atoms with van der Waals surface area (Å²) in [6, 6.07) is 0. The third-order valence-electron chi connectivity index (χ3n) is 4.14. The predicted molar refractivity (Wildman–Crippen MR) is 84.2 cm³/mol. The second-order valence-corrected chi connectivity index (χ2v) is 5.86. The largest absolute Gasteiger partial charge is 0.304 e. The van der Waals surface area contributed by atoms with Crippen LogP contribution >= 0.6 is 0 Å². The molecule has 0 aromatic rings. The first-order valence-corrected chi connectivity index (χ1v) is 8.46. The molecule has 0 aliphatic heterocycles. The molecule has 1 heteroatoms. The zero-order chi connectivity index (χ0) is 13.6. The maximum absolute atomic E-state index is 2.63. The quantitative estimate of drug-likeness (QED) is 0.393. The number of hydrogen-bond acceptors (Lipinski definition) is 1. The second-order valence-electron chi connectivity index (χ2n) is 5.86. The summed E-state index contributed by atoms with van der Waals surface area (Å²) in [6.45, 7) is 13.1. The Morgan fingerprint density at radius 2 is 1.39 bits per heavy atom. The van der Waals surface area contributed by atoms with Crippen LogP contribution in [0.5, 0.6) is 0 Å². The molecule has 0 heterocycles. The van der Waals surface area contributed by atoms with E-state index in [9.17, 15) is 0 Å². The first kappa shape index (κ1) is 18.0. The minimum atomic E-state index is 0.936. The summed E-state index contributed by atoms with van der Waals surface area (Å²) in [4.78, 5) is 2.63. The van der Waals surface area contributed by atoms with E-state index in [4.69, 9.17) is 0 Å². The van der Waals surface area contributed by atoms with Crippen molar-refractivity contribution in [2.24, 2.45) is 5.92 Å². The molecule has 110 valence electrons. The molecule has 0 amide bonds. The van der Waals surface area contributed by atoms with Gasteiger partial charge in [0.05, 0.1) is 0 Å². The molecule has 0 saturated carbocycles. The lowest BCUT2D eigenvalue weighted by atomic mass is 10.0. The molecular formula is C17H37N. The molecule has 0 aromatic carbocycles. The van der Waals surface area contributed by atoms with Gasteiger partial charge in [-0.25, -0.2) is 0 Å².